The lowest BCUT2D eigenvalue weighted by molar-refractivity contribution is -0.154. The third-order valence-corrected chi connectivity index (χ3v) is 4.80. The van der Waals surface area contributed by atoms with Gasteiger partial charge in [0.15, 0.2) is 6.61 Å². The van der Waals surface area contributed by atoms with Crippen molar-refractivity contribution < 1.29 is 31.9 Å². The molecule has 1 amide bonds. The van der Waals surface area contributed by atoms with Crippen LogP contribution in [0.1, 0.15) is 23.1 Å². The van der Waals surface area contributed by atoms with E-state index in [0.717, 1.165) is 5.39 Å². The maximum absolute atomic E-state index is 12.4. The number of carbonyl (C=O) groups excluding carboxylic acids is 1. The number of fused-ring (bicyclic) bond motifs is 1. The van der Waals surface area contributed by atoms with Crippen molar-refractivity contribution in [2.45, 2.75) is 32.5 Å². The Morgan fingerprint density at radius 3 is 2.75 bits per heavy atom. The summed E-state index contributed by atoms with van der Waals surface area (Å²) in [5.41, 5.74) is 1.25. The molecule has 0 aliphatic rings. The molecule has 10 heteroatoms. The van der Waals surface area contributed by atoms with Gasteiger partial charge >= 0.3 is 11.8 Å². The number of carbonyl (C=O) groups is 1. The van der Waals surface area contributed by atoms with Crippen LogP contribution >= 0.6 is 0 Å². The first-order valence-electron chi connectivity index (χ1n) is 9.68. The third-order valence-electron chi connectivity index (χ3n) is 4.80. The number of benzene rings is 1. The number of alkyl halides is 3. The number of nitrogens with one attached hydrogen (secondary N) is 1. The molecule has 0 saturated heterocycles. The summed E-state index contributed by atoms with van der Waals surface area (Å²) in [6.07, 6.45) is -3.06. The first-order chi connectivity index (χ1) is 15.2. The number of methoxy groups -OCH3 is 1. The SMILES string of the molecule is COc1ccc2c(C)c(CCC(=O)NCc3cccnc3OCC(F)(F)F)c(=O)oc2c1. The third kappa shape index (κ3) is 5.77. The van der Waals surface area contributed by atoms with Crippen LogP contribution in [0.5, 0.6) is 11.6 Å². The van der Waals surface area contributed by atoms with Gasteiger partial charge in [-0.3, -0.25) is 4.79 Å². The molecule has 32 heavy (non-hydrogen) atoms. The molecule has 0 unspecified atom stereocenters. The van der Waals surface area contributed by atoms with E-state index in [1.54, 1.807) is 25.1 Å². The fourth-order valence-electron chi connectivity index (χ4n) is 3.15. The highest BCUT2D eigenvalue weighted by molar-refractivity contribution is 5.82. The number of ether oxygens (including phenoxy) is 2. The fraction of sp³-hybridized carbons (Fsp3) is 0.318. The predicted octanol–water partition coefficient (Wildman–Crippen LogP) is 3.70. The lowest BCUT2D eigenvalue weighted by Crippen LogP contribution is -2.25. The number of aromatic nitrogens is 1. The molecule has 0 radical (unpaired) electrons. The molecule has 0 aliphatic carbocycles. The van der Waals surface area contributed by atoms with Crippen LogP contribution in [0.15, 0.2) is 45.7 Å². The van der Waals surface area contributed by atoms with Gasteiger partial charge in [0.05, 0.1) is 7.11 Å². The molecule has 0 aliphatic heterocycles. The Morgan fingerprint density at radius 1 is 1.25 bits per heavy atom. The molecule has 1 aromatic carbocycles. The second kappa shape index (κ2) is 9.71. The Bertz CT molecular complexity index is 1170. The topological polar surface area (TPSA) is 90.7 Å². The average Bonchev–Trinajstić information content (AvgIpc) is 2.75. The highest BCUT2D eigenvalue weighted by Crippen LogP contribution is 2.24. The number of aryl methyl sites for hydroxylation is 1. The minimum atomic E-state index is -4.50. The molecular formula is C22H21F3N2O5. The molecule has 0 bridgehead atoms. The predicted molar refractivity (Wildman–Crippen MR) is 110 cm³/mol. The van der Waals surface area contributed by atoms with Crippen molar-refractivity contribution in [2.75, 3.05) is 13.7 Å². The van der Waals surface area contributed by atoms with Gasteiger partial charge in [-0.2, -0.15) is 13.2 Å². The molecule has 0 saturated carbocycles. The first kappa shape index (κ1) is 23.1. The Morgan fingerprint density at radius 2 is 2.03 bits per heavy atom. The Balaban J connectivity index is 1.64. The van der Waals surface area contributed by atoms with Gasteiger partial charge in [-0.15, -0.1) is 0 Å². The van der Waals surface area contributed by atoms with Gasteiger partial charge in [-0.25, -0.2) is 9.78 Å². The van der Waals surface area contributed by atoms with Gasteiger partial charge in [0.25, 0.3) is 0 Å². The van der Waals surface area contributed by atoms with Crippen molar-refractivity contribution in [3.05, 3.63) is 63.6 Å². The molecule has 3 aromatic rings. The van der Waals surface area contributed by atoms with Crippen molar-refractivity contribution in [1.29, 1.82) is 0 Å². The summed E-state index contributed by atoms with van der Waals surface area (Å²) in [5, 5.41) is 3.35. The van der Waals surface area contributed by atoms with Crippen molar-refractivity contribution >= 4 is 16.9 Å². The molecule has 0 spiro atoms. The van der Waals surface area contributed by atoms with E-state index in [1.165, 1.54) is 25.4 Å². The van der Waals surface area contributed by atoms with E-state index >= 15 is 0 Å². The monoisotopic (exact) mass is 450 g/mol. The summed E-state index contributed by atoms with van der Waals surface area (Å²) < 4.78 is 52.4. The van der Waals surface area contributed by atoms with E-state index in [9.17, 15) is 22.8 Å². The van der Waals surface area contributed by atoms with Gasteiger partial charge in [0.2, 0.25) is 11.8 Å². The van der Waals surface area contributed by atoms with Gasteiger partial charge in [-0.1, -0.05) is 6.07 Å². The van der Waals surface area contributed by atoms with E-state index in [-0.39, 0.29) is 31.2 Å². The van der Waals surface area contributed by atoms with Crippen molar-refractivity contribution in [1.82, 2.24) is 10.3 Å². The van der Waals surface area contributed by atoms with E-state index in [2.05, 4.69) is 10.3 Å². The summed E-state index contributed by atoms with van der Waals surface area (Å²) in [6.45, 7) is 0.234. The zero-order valence-electron chi connectivity index (χ0n) is 17.4. The fourth-order valence-corrected chi connectivity index (χ4v) is 3.15. The highest BCUT2D eigenvalue weighted by atomic mass is 19.4. The maximum Gasteiger partial charge on any atom is 0.422 e. The second-order valence-corrected chi connectivity index (χ2v) is 7.00. The van der Waals surface area contributed by atoms with Crippen molar-refractivity contribution in [3.63, 3.8) is 0 Å². The maximum atomic E-state index is 12.4. The smallest absolute Gasteiger partial charge is 0.422 e. The van der Waals surface area contributed by atoms with Crippen LogP contribution in [0.4, 0.5) is 13.2 Å². The second-order valence-electron chi connectivity index (χ2n) is 7.00. The normalized spacial score (nSPS) is 11.4. The minimum Gasteiger partial charge on any atom is -0.497 e. The molecule has 2 heterocycles. The van der Waals surface area contributed by atoms with E-state index in [1.807, 2.05) is 0 Å². The largest absolute Gasteiger partial charge is 0.497 e. The molecular weight excluding hydrogens is 429 g/mol. The number of pyridine rings is 1. The average molecular weight is 450 g/mol. The summed E-state index contributed by atoms with van der Waals surface area (Å²) in [4.78, 5) is 28.5. The van der Waals surface area contributed by atoms with Crippen LogP contribution in [-0.4, -0.2) is 30.8 Å². The Labute approximate surface area is 181 Å². The number of rotatable bonds is 8. The lowest BCUT2D eigenvalue weighted by atomic mass is 10.0. The summed E-state index contributed by atoms with van der Waals surface area (Å²) in [7, 11) is 1.51. The summed E-state index contributed by atoms with van der Waals surface area (Å²) >= 11 is 0. The number of hydrogen-bond acceptors (Lipinski definition) is 6. The zero-order valence-corrected chi connectivity index (χ0v) is 17.4. The Hall–Kier alpha value is -3.56. The van der Waals surface area contributed by atoms with Crippen molar-refractivity contribution in [2.24, 2.45) is 0 Å². The molecule has 2 aromatic heterocycles. The number of nitrogens with zero attached hydrogens (tertiary/aromatic N) is 1. The number of amides is 1. The van der Waals surface area contributed by atoms with Gasteiger partial charge in [0.1, 0.15) is 11.3 Å². The van der Waals surface area contributed by atoms with Crippen LogP contribution in [0, 0.1) is 6.92 Å². The molecule has 3 rings (SSSR count). The number of halogens is 3. The van der Waals surface area contributed by atoms with Crippen LogP contribution in [0.3, 0.4) is 0 Å². The standard InChI is InChI=1S/C22H21F3N2O5/c1-13-16-6-5-15(30-2)10-18(16)32-21(29)17(13)7-8-19(28)27-11-14-4-3-9-26-20(14)31-12-22(23,24)25/h3-6,9-10H,7-8,11-12H2,1-2H3,(H,27,28). The van der Waals surface area contributed by atoms with Crippen LogP contribution < -0.4 is 20.4 Å². The van der Waals surface area contributed by atoms with Crippen LogP contribution in [0.2, 0.25) is 0 Å². The van der Waals surface area contributed by atoms with E-state index < -0.39 is 18.4 Å². The molecule has 170 valence electrons. The molecule has 7 nitrogen and oxygen atoms in total. The summed E-state index contributed by atoms with van der Waals surface area (Å²) in [6, 6.07) is 8.18. The van der Waals surface area contributed by atoms with Gasteiger partial charge in [-0.05, 0) is 37.1 Å². The minimum absolute atomic E-state index is 0.00767. The van der Waals surface area contributed by atoms with E-state index in [4.69, 9.17) is 13.9 Å². The quantitative estimate of drug-likeness (QED) is 0.527. The van der Waals surface area contributed by atoms with E-state index in [0.29, 0.717) is 28.0 Å². The Kier molecular flexibility index (Phi) is 7.01. The molecule has 0 atom stereocenters. The lowest BCUT2D eigenvalue weighted by Gasteiger charge is -2.12. The van der Waals surface area contributed by atoms with Crippen LogP contribution in [-0.2, 0) is 17.8 Å². The summed E-state index contributed by atoms with van der Waals surface area (Å²) in [5.74, 6) is -0.0306. The first-order valence-corrected chi connectivity index (χ1v) is 9.68. The molecule has 0 fully saturated rings. The highest BCUT2D eigenvalue weighted by Gasteiger charge is 2.29. The van der Waals surface area contributed by atoms with Crippen LogP contribution in [0.25, 0.3) is 11.0 Å². The van der Waals surface area contributed by atoms with Crippen molar-refractivity contribution in [3.8, 4) is 11.6 Å². The van der Waals surface area contributed by atoms with Gasteiger partial charge in [0, 0.05) is 41.7 Å². The van der Waals surface area contributed by atoms with Gasteiger partial charge < -0.3 is 19.2 Å². The number of hydrogen-bond donors (Lipinski definition) is 1. The molecule has 1 N–H and O–H groups in total. The zero-order chi connectivity index (χ0) is 23.3.